The van der Waals surface area contributed by atoms with Crippen LogP contribution in [-0.4, -0.2) is 235 Å². The van der Waals surface area contributed by atoms with Gasteiger partial charge in [0.05, 0.1) is 19.0 Å². The SMILES string of the molecule is CC[C@H](C)[C@H](NC(=O)[C@H](Cc1ccccc1)NC(=O)[C@H](CS)NC(=O)[C@H](Cc1ccccc1)NC(=O)[C@H](Cc1cnc[nH]1)NC(=O)[C@H](CC(C)C)NC(=O)[C@@H](N)CCSC)C(=O)N[C@@H](Cc1ccccc1)C(=O)N[C@@H](Cc1ccc(O)cc1)C(=O)N[C@@H](Cc1ccccc1)C(=O)N[C@@H](CO)C(=O)N[C@@H](CC(C)C)C(=O)N[C@@H](CC(C)C)C(=O)N[C@@H](CS)C(=O)N[C@@H](Cc1ccccc1)C(=O)O. The maximum Gasteiger partial charge on any atom is 0.326 e. The number of benzene rings is 6. The zero-order chi connectivity index (χ0) is 99.5. The van der Waals surface area contributed by atoms with E-state index in [1.165, 1.54) is 48.6 Å². The number of carboxylic acid groups (broad SMARTS) is 1. The van der Waals surface area contributed by atoms with Crippen LogP contribution in [0.25, 0.3) is 0 Å². The summed E-state index contributed by atoms with van der Waals surface area (Å²) in [5.41, 5.74) is 9.82. The molecule has 0 unspecified atom stereocenters. The molecule has 0 saturated carbocycles. The van der Waals surface area contributed by atoms with E-state index in [0.29, 0.717) is 51.2 Å². The number of aromatic amines is 1. The number of H-pyrrole nitrogens is 1. The Bertz CT molecular complexity index is 5020. The number of carbonyl (C=O) groups excluding carboxylic acids is 14. The molecule has 38 heteroatoms. The third kappa shape index (κ3) is 37.6. The van der Waals surface area contributed by atoms with E-state index in [1.807, 2.05) is 20.1 Å². The Balaban J connectivity index is 1.12. The minimum Gasteiger partial charge on any atom is -0.508 e. The number of nitrogens with one attached hydrogen (secondary N) is 15. The summed E-state index contributed by atoms with van der Waals surface area (Å²) in [5.74, 6) is -15.0. The van der Waals surface area contributed by atoms with Gasteiger partial charge in [0.15, 0.2) is 0 Å². The fourth-order valence-corrected chi connectivity index (χ4v) is 15.8. The number of aliphatic hydroxyl groups excluding tert-OH is 1. The third-order valence-electron chi connectivity index (χ3n) is 22.4. The zero-order valence-corrected chi connectivity index (χ0v) is 80.6. The van der Waals surface area contributed by atoms with E-state index in [2.05, 4.69) is 110 Å². The summed E-state index contributed by atoms with van der Waals surface area (Å²) in [6.45, 7) is 13.2. The first-order chi connectivity index (χ1) is 65.0. The summed E-state index contributed by atoms with van der Waals surface area (Å²) in [6, 6.07) is 27.0. The molecule has 0 aliphatic heterocycles. The van der Waals surface area contributed by atoms with Gasteiger partial charge in [-0.2, -0.15) is 37.0 Å². The smallest absolute Gasteiger partial charge is 0.326 e. The van der Waals surface area contributed by atoms with Crippen molar-refractivity contribution in [1.82, 2.24) is 84.4 Å². The fraction of sp³-hybridized carbons (Fsp3) is 0.449. The van der Waals surface area contributed by atoms with Crippen molar-refractivity contribution in [2.45, 2.75) is 223 Å². The largest absolute Gasteiger partial charge is 0.508 e. The molecule has 16 atom stereocenters. The molecule has 14 amide bonds. The van der Waals surface area contributed by atoms with Gasteiger partial charge >= 0.3 is 5.97 Å². The molecule has 0 radical (unpaired) electrons. The van der Waals surface area contributed by atoms with Crippen LogP contribution in [0.1, 0.15) is 127 Å². The topological polar surface area (TPSA) is 540 Å². The Morgan fingerprint density at radius 1 is 0.353 bits per heavy atom. The van der Waals surface area contributed by atoms with Gasteiger partial charge in [-0.3, -0.25) is 67.1 Å². The second-order valence-corrected chi connectivity index (χ2v) is 36.6. The number of phenolic OH excluding ortho intramolecular Hbond substituents is 1. The Morgan fingerprint density at radius 3 is 0.919 bits per heavy atom. The van der Waals surface area contributed by atoms with Crippen LogP contribution in [0.15, 0.2) is 188 Å². The van der Waals surface area contributed by atoms with Gasteiger partial charge in [-0.05, 0) is 107 Å². The van der Waals surface area contributed by atoms with Crippen LogP contribution in [0.5, 0.6) is 5.75 Å². The zero-order valence-electron chi connectivity index (χ0n) is 78.0. The number of aromatic nitrogens is 2. The monoisotopic (exact) mass is 1930 g/mol. The predicted molar refractivity (Wildman–Crippen MR) is 523 cm³/mol. The van der Waals surface area contributed by atoms with E-state index in [4.69, 9.17) is 5.73 Å². The highest BCUT2D eigenvalue weighted by Gasteiger charge is 2.40. The van der Waals surface area contributed by atoms with Crippen molar-refractivity contribution < 1.29 is 87.2 Å². The van der Waals surface area contributed by atoms with Gasteiger partial charge in [0.25, 0.3) is 0 Å². The average Bonchev–Trinajstić information content (AvgIpc) is 1.45. The second-order valence-electron chi connectivity index (χ2n) is 34.9. The number of thiol groups is 2. The number of rotatable bonds is 57. The van der Waals surface area contributed by atoms with Crippen molar-refractivity contribution in [1.29, 1.82) is 0 Å². The minimum atomic E-state index is -1.81. The molecule has 7 rings (SSSR count). The van der Waals surface area contributed by atoms with Gasteiger partial charge in [0.1, 0.15) is 90.3 Å². The molecule has 1 aromatic heterocycles. The van der Waals surface area contributed by atoms with Crippen LogP contribution >= 0.6 is 37.0 Å². The molecule has 734 valence electrons. The number of phenols is 1. The normalized spacial score (nSPS) is 14.8. The lowest BCUT2D eigenvalue weighted by molar-refractivity contribution is -0.142. The number of nitrogens with zero attached hydrogens (tertiary/aromatic N) is 1. The van der Waals surface area contributed by atoms with Crippen molar-refractivity contribution in [3.63, 3.8) is 0 Å². The van der Waals surface area contributed by atoms with Crippen molar-refractivity contribution in [3.05, 3.63) is 228 Å². The number of carboxylic acids is 1. The highest BCUT2D eigenvalue weighted by Crippen LogP contribution is 2.20. The van der Waals surface area contributed by atoms with Crippen molar-refractivity contribution in [3.8, 4) is 5.75 Å². The minimum absolute atomic E-state index is 0.0218. The number of aromatic hydroxyl groups is 1. The molecule has 0 aliphatic rings. The molecule has 35 nitrogen and oxygen atoms in total. The highest BCUT2D eigenvalue weighted by atomic mass is 32.2. The molecular formula is C98H131N17O18S3. The maximum absolute atomic E-state index is 15.4. The number of imidazole rings is 1. The number of hydrogen-bond donors (Lipinski definition) is 21. The maximum atomic E-state index is 15.4. The van der Waals surface area contributed by atoms with Gasteiger partial charge in [-0.1, -0.05) is 226 Å². The number of thioether (sulfide) groups is 1. The van der Waals surface area contributed by atoms with Crippen molar-refractivity contribution in [2.75, 3.05) is 30.1 Å². The van der Waals surface area contributed by atoms with Gasteiger partial charge in [-0.25, -0.2) is 9.78 Å². The summed E-state index contributed by atoms with van der Waals surface area (Å²) in [5, 5.41) is 69.2. The number of nitrogens with two attached hydrogens (primary N) is 1. The summed E-state index contributed by atoms with van der Waals surface area (Å²) in [7, 11) is 0. The van der Waals surface area contributed by atoms with Crippen LogP contribution < -0.4 is 80.2 Å². The Morgan fingerprint density at radius 2 is 0.618 bits per heavy atom. The number of aliphatic hydroxyl groups is 1. The molecule has 0 fully saturated rings. The average molecular weight is 1930 g/mol. The fourth-order valence-electron chi connectivity index (χ4n) is 14.7. The van der Waals surface area contributed by atoms with Gasteiger partial charge in [0, 0.05) is 68.3 Å². The summed E-state index contributed by atoms with van der Waals surface area (Å²) < 4.78 is 0. The standard InChI is InChI=1S/C98H131N17O18S3/c1-10-60(8)83(115-93(127)77(48-64-32-22-14-23-33-64)108-95(129)81(54-134)114-91(125)74(46-62-28-18-12-19-29-62)107-92(126)78(51-67-52-100-56-101-67)109-85(119)70(42-57(2)3)102-84(118)69(99)40-41-136-9)97(131)110-76(47-63-30-20-13-21-31-63)89(123)106-75(49-66-36-38-68(117)39-37-66)88(122)105-73(45-61-26-16-11-17-27-61)90(124)112-80(53-116)94(128)104-71(43-58(4)5)86(120)103-72(44-59(6)7)87(121)113-82(55-135)96(130)111-79(98(132)133)50-65-34-24-15-25-35-65/h11-39,52,56-60,69-83,116-117,134-135H,10,40-51,53-55,99H2,1-9H3,(H,100,101)(H,102,118)(H,103,120)(H,104,128)(H,105,122)(H,106,123)(H,107,126)(H,108,129)(H,109,119)(H,110,131)(H,111,130)(H,112,124)(H,113,121)(H,114,125)(H,115,127)(H,132,133)/t60-,69-,70-,71-,72-,73-,74-,75-,76-,77-,78-,79-,80-,81-,82-,83-/m0/s1. The molecule has 20 N–H and O–H groups in total. The van der Waals surface area contributed by atoms with Gasteiger partial charge in [-0.15, -0.1) is 0 Å². The Labute approximate surface area is 808 Å². The van der Waals surface area contributed by atoms with E-state index in [0.717, 1.165) is 0 Å². The molecule has 1 heterocycles. The first kappa shape index (κ1) is 110. The van der Waals surface area contributed by atoms with Crippen LogP contribution in [0.2, 0.25) is 0 Å². The van der Waals surface area contributed by atoms with E-state index in [1.54, 1.807) is 193 Å². The lowest BCUT2D eigenvalue weighted by Gasteiger charge is -2.30. The first-order valence-electron chi connectivity index (χ1n) is 45.5. The number of aliphatic carboxylic acids is 1. The number of amides is 14. The van der Waals surface area contributed by atoms with Crippen LogP contribution in [-0.2, 0) is 117 Å². The molecule has 0 saturated heterocycles. The summed E-state index contributed by atoms with van der Waals surface area (Å²) in [6.07, 6.45) is 4.17. The van der Waals surface area contributed by atoms with E-state index < -0.39 is 192 Å². The summed E-state index contributed by atoms with van der Waals surface area (Å²) in [4.78, 5) is 225. The van der Waals surface area contributed by atoms with E-state index >= 15 is 19.2 Å². The van der Waals surface area contributed by atoms with Crippen LogP contribution in [0.4, 0.5) is 0 Å². The molecule has 7 aromatic rings. The molecule has 0 aliphatic carbocycles. The van der Waals surface area contributed by atoms with Gasteiger partial charge in [0.2, 0.25) is 82.7 Å². The van der Waals surface area contributed by atoms with Crippen LogP contribution in [0, 0.1) is 23.7 Å². The van der Waals surface area contributed by atoms with Crippen LogP contribution in [0.3, 0.4) is 0 Å². The predicted octanol–water partition coefficient (Wildman–Crippen LogP) is 3.10. The lowest BCUT2D eigenvalue weighted by atomic mass is 9.96. The Kier molecular flexibility index (Phi) is 46.5. The molecular weight excluding hydrogens is 1800 g/mol. The number of carbonyl (C=O) groups is 15. The second kappa shape index (κ2) is 57.3. The van der Waals surface area contributed by atoms with E-state index in [-0.39, 0.29) is 106 Å². The first-order valence-corrected chi connectivity index (χ1v) is 48.1. The molecule has 0 spiro atoms. The van der Waals surface area contributed by atoms with E-state index in [9.17, 15) is 68.1 Å². The molecule has 6 aromatic carbocycles. The highest BCUT2D eigenvalue weighted by molar-refractivity contribution is 7.98. The van der Waals surface area contributed by atoms with Crippen molar-refractivity contribution >= 4 is 126 Å². The number of hydrogen-bond acceptors (Lipinski definition) is 22. The molecule has 136 heavy (non-hydrogen) atoms. The summed E-state index contributed by atoms with van der Waals surface area (Å²) >= 11 is 10.3. The quantitative estimate of drug-likeness (QED) is 0.0244. The van der Waals surface area contributed by atoms with Crippen molar-refractivity contribution in [2.24, 2.45) is 29.4 Å². The third-order valence-corrected chi connectivity index (χ3v) is 23.8. The van der Waals surface area contributed by atoms with Gasteiger partial charge < -0.3 is 100 Å². The lowest BCUT2D eigenvalue weighted by Crippen LogP contribution is -2.62. The Hall–Kier alpha value is -12.7. The molecule has 0 bridgehead atoms.